The topological polar surface area (TPSA) is 119 Å². The van der Waals surface area contributed by atoms with Crippen molar-refractivity contribution in [3.8, 4) is 0 Å². The van der Waals surface area contributed by atoms with Crippen LogP contribution in [0.3, 0.4) is 0 Å². The predicted molar refractivity (Wildman–Crippen MR) is 147 cm³/mol. The molecule has 0 spiro atoms. The van der Waals surface area contributed by atoms with E-state index < -0.39 is 27.9 Å². The van der Waals surface area contributed by atoms with E-state index in [1.807, 2.05) is 0 Å². The molecule has 3 aliphatic rings. The van der Waals surface area contributed by atoms with Gasteiger partial charge in [0.1, 0.15) is 6.04 Å². The summed E-state index contributed by atoms with van der Waals surface area (Å²) in [5.41, 5.74) is 3.42. The lowest BCUT2D eigenvalue weighted by Crippen LogP contribution is -2.51. The molecule has 11 heteroatoms. The quantitative estimate of drug-likeness (QED) is 0.469. The molecule has 2 aromatic carbocycles. The number of piperidine rings is 1. The molecule has 2 aliphatic heterocycles. The number of aliphatic hydroxyl groups is 1. The molecule has 0 radical (unpaired) electrons. The number of benzene rings is 2. The van der Waals surface area contributed by atoms with Gasteiger partial charge < -0.3 is 15.7 Å². The number of aliphatic hydroxyl groups excluding tert-OH is 1. The van der Waals surface area contributed by atoms with Crippen LogP contribution in [0.15, 0.2) is 59.8 Å². The van der Waals surface area contributed by atoms with Crippen LogP contribution in [0.4, 0.5) is 0 Å². The molecule has 0 saturated carbocycles. The molecule has 1 fully saturated rings. The number of sulfonamides is 1. The first-order chi connectivity index (χ1) is 18.7. The van der Waals surface area contributed by atoms with Crippen LogP contribution in [0.1, 0.15) is 54.8 Å². The molecule has 0 aromatic heterocycles. The first-order valence-electron chi connectivity index (χ1n) is 13.3. The van der Waals surface area contributed by atoms with Crippen LogP contribution in [-0.4, -0.2) is 59.8 Å². The second kappa shape index (κ2) is 11.7. The van der Waals surface area contributed by atoms with Crippen LogP contribution in [0.5, 0.6) is 0 Å². The lowest BCUT2D eigenvalue weighted by atomic mass is 9.86. The first-order valence-corrected chi connectivity index (χ1v) is 15.1. The predicted octanol–water partition coefficient (Wildman–Crippen LogP) is 2.84. The minimum absolute atomic E-state index is 0.0206. The van der Waals surface area contributed by atoms with Gasteiger partial charge >= 0.3 is 0 Å². The maximum atomic E-state index is 13.3. The van der Waals surface area contributed by atoms with Gasteiger partial charge in [-0.2, -0.15) is 0 Å². The number of rotatable bonds is 7. The average Bonchev–Trinajstić information content (AvgIpc) is 2.90. The molecule has 3 N–H and O–H groups in total. The zero-order chi connectivity index (χ0) is 27.6. The van der Waals surface area contributed by atoms with E-state index in [1.165, 1.54) is 47.8 Å². The Morgan fingerprint density at radius 2 is 1.92 bits per heavy atom. The van der Waals surface area contributed by atoms with E-state index in [1.54, 1.807) is 0 Å². The van der Waals surface area contributed by atoms with Crippen molar-refractivity contribution < 1.29 is 23.1 Å². The number of likely N-dealkylation sites (tertiary alicyclic amines) is 1. The van der Waals surface area contributed by atoms with Crippen molar-refractivity contribution in [3.63, 3.8) is 0 Å². The summed E-state index contributed by atoms with van der Waals surface area (Å²) in [5, 5.41) is 15.9. The minimum Gasteiger partial charge on any atom is -0.392 e. The zero-order valence-corrected chi connectivity index (χ0v) is 23.1. The number of hydrogen-bond donors (Lipinski definition) is 3. The second-order valence-corrected chi connectivity index (χ2v) is 12.7. The normalized spacial score (nSPS) is 23.7. The highest BCUT2D eigenvalue weighted by atomic mass is 35.5. The number of carbonyl (C=O) groups is 2. The van der Waals surface area contributed by atoms with Crippen molar-refractivity contribution in [2.75, 3.05) is 13.1 Å². The number of halogens is 1. The number of fused-ring (bicyclic) bond motifs is 1. The lowest BCUT2D eigenvalue weighted by molar-refractivity contribution is -0.129. The zero-order valence-electron chi connectivity index (χ0n) is 21.6. The van der Waals surface area contributed by atoms with Gasteiger partial charge in [-0.1, -0.05) is 29.8 Å². The van der Waals surface area contributed by atoms with Crippen LogP contribution < -0.4 is 10.6 Å². The smallest absolute Gasteiger partial charge is 0.264 e. The molecule has 2 amide bonds. The summed E-state index contributed by atoms with van der Waals surface area (Å²) in [4.78, 5) is 28.1. The van der Waals surface area contributed by atoms with Gasteiger partial charge in [-0.3, -0.25) is 18.8 Å². The molecule has 1 saturated heterocycles. The van der Waals surface area contributed by atoms with Crippen LogP contribution in [0.25, 0.3) is 0 Å². The molecule has 0 bridgehead atoms. The summed E-state index contributed by atoms with van der Waals surface area (Å²) in [6.07, 6.45) is 6.37. The van der Waals surface area contributed by atoms with Gasteiger partial charge in [-0.05, 0) is 79.6 Å². The molecule has 2 heterocycles. The van der Waals surface area contributed by atoms with Gasteiger partial charge in [0.2, 0.25) is 11.8 Å². The Labute approximate surface area is 233 Å². The monoisotopic (exact) mass is 572 g/mol. The Kier molecular flexibility index (Phi) is 8.27. The number of nitrogens with zero attached hydrogens (tertiary/aromatic N) is 2. The fraction of sp³-hybridized carbons (Fsp3) is 0.429. The van der Waals surface area contributed by atoms with E-state index in [2.05, 4.69) is 33.7 Å². The van der Waals surface area contributed by atoms with Gasteiger partial charge in [-0.15, -0.1) is 0 Å². The molecule has 1 aliphatic carbocycles. The summed E-state index contributed by atoms with van der Waals surface area (Å²) in [6, 6.07) is 10.6. The number of hydrogen-bond acceptors (Lipinski definition) is 6. The number of carbonyl (C=O) groups excluding carboxylic acids is 2. The summed E-state index contributed by atoms with van der Waals surface area (Å²) in [6.45, 7) is 2.44. The molecule has 5 rings (SSSR count). The van der Waals surface area contributed by atoms with Gasteiger partial charge in [0.15, 0.2) is 0 Å². The highest BCUT2D eigenvalue weighted by Gasteiger charge is 2.37. The van der Waals surface area contributed by atoms with Gasteiger partial charge in [0.25, 0.3) is 10.0 Å². The van der Waals surface area contributed by atoms with E-state index in [0.29, 0.717) is 11.6 Å². The van der Waals surface area contributed by atoms with E-state index in [9.17, 15) is 23.1 Å². The van der Waals surface area contributed by atoms with Crippen LogP contribution >= 0.6 is 11.6 Å². The third-order valence-electron chi connectivity index (χ3n) is 7.57. The van der Waals surface area contributed by atoms with Gasteiger partial charge in [0, 0.05) is 30.5 Å². The average molecular weight is 573 g/mol. The Bertz CT molecular complexity index is 1360. The summed E-state index contributed by atoms with van der Waals surface area (Å²) in [7, 11) is -4.08. The van der Waals surface area contributed by atoms with Crippen molar-refractivity contribution in [1.82, 2.24) is 19.8 Å². The van der Waals surface area contributed by atoms with Crippen molar-refractivity contribution >= 4 is 33.4 Å². The van der Waals surface area contributed by atoms with Crippen LogP contribution in [0, 0.1) is 0 Å². The molecule has 0 unspecified atom stereocenters. The Hall–Kier alpha value is -2.92. The van der Waals surface area contributed by atoms with E-state index in [0.717, 1.165) is 55.1 Å². The van der Waals surface area contributed by atoms with Crippen LogP contribution in [-0.2, 0) is 32.6 Å². The number of aryl methyl sites for hydroxylation is 1. The highest BCUT2D eigenvalue weighted by molar-refractivity contribution is 7.89. The van der Waals surface area contributed by atoms with Crippen molar-refractivity contribution in [1.29, 1.82) is 0 Å². The van der Waals surface area contributed by atoms with Crippen LogP contribution in [0.2, 0.25) is 5.02 Å². The van der Waals surface area contributed by atoms with Crippen molar-refractivity contribution in [2.24, 2.45) is 0 Å². The fourth-order valence-corrected chi connectivity index (χ4v) is 7.22. The minimum atomic E-state index is -4.08. The fourth-order valence-electron chi connectivity index (χ4n) is 5.64. The second-order valence-electron chi connectivity index (χ2n) is 10.4. The van der Waals surface area contributed by atoms with Gasteiger partial charge in [0.05, 0.1) is 23.5 Å². The van der Waals surface area contributed by atoms with E-state index >= 15 is 0 Å². The van der Waals surface area contributed by atoms with E-state index in [-0.39, 0.29) is 23.5 Å². The summed E-state index contributed by atoms with van der Waals surface area (Å²) < 4.78 is 27.5. The van der Waals surface area contributed by atoms with Crippen molar-refractivity contribution in [3.05, 3.63) is 76.6 Å². The maximum Gasteiger partial charge on any atom is 0.264 e. The standard InChI is InChI=1S/C28H33ClN4O5S/c29-21-7-9-23(10-8-21)39(37,38)33-14-12-30-28(36)26(33)16-27(35)31-25-5-1-3-20-15-19(6-11-24(20)25)17-32-13-2-4-22(34)18-32/h6-12,14-15,22,25-26,34H,1-5,13,16-18H2,(H,30,36)(H,31,35)/t22-,25-,26-/m1/s1. The van der Waals surface area contributed by atoms with E-state index in [4.69, 9.17) is 11.6 Å². The Morgan fingerprint density at radius 1 is 1.13 bits per heavy atom. The largest absolute Gasteiger partial charge is 0.392 e. The number of β-amino-alcohol motifs (C(OH)–C–C–N with tert-alkyl or cyclic N) is 1. The van der Waals surface area contributed by atoms with Gasteiger partial charge in [-0.25, -0.2) is 8.42 Å². The third kappa shape index (κ3) is 6.30. The molecule has 208 valence electrons. The molecule has 9 nitrogen and oxygen atoms in total. The summed E-state index contributed by atoms with van der Waals surface area (Å²) in [5.74, 6) is -0.965. The summed E-state index contributed by atoms with van der Waals surface area (Å²) >= 11 is 5.90. The molecule has 3 atom stereocenters. The first kappa shape index (κ1) is 27.6. The highest BCUT2D eigenvalue weighted by Crippen LogP contribution is 2.31. The third-order valence-corrected chi connectivity index (χ3v) is 9.62. The molecule has 39 heavy (non-hydrogen) atoms. The Morgan fingerprint density at radius 3 is 2.69 bits per heavy atom. The number of amides is 2. The maximum absolute atomic E-state index is 13.3. The Balaban J connectivity index is 1.27. The molecule has 2 aromatic rings. The molecular weight excluding hydrogens is 540 g/mol. The number of nitrogens with one attached hydrogen (secondary N) is 2. The lowest BCUT2D eigenvalue weighted by Gasteiger charge is -2.32. The SMILES string of the molecule is O=C(C[C@@H]1C(=O)NC=CN1S(=O)(=O)c1ccc(Cl)cc1)N[C@@H]1CCCc2cc(CN3CCC[C@@H](O)C3)ccc21. The van der Waals surface area contributed by atoms with Crippen molar-refractivity contribution in [2.45, 2.75) is 68.2 Å². The molecular formula is C28H33ClN4O5S.